The molecule has 0 aliphatic rings. The van der Waals surface area contributed by atoms with E-state index in [-0.39, 0.29) is 5.69 Å². The van der Waals surface area contributed by atoms with Crippen LogP contribution in [0.25, 0.3) is 0 Å². The number of hydrogen-bond acceptors (Lipinski definition) is 3. The second-order valence-corrected chi connectivity index (χ2v) is 1.87. The molecular weight excluding hydrogens is 148 g/mol. The van der Waals surface area contributed by atoms with Crippen molar-refractivity contribution in [3.8, 4) is 0 Å². The summed E-state index contributed by atoms with van der Waals surface area (Å²) in [5.41, 5.74) is 0.512. The van der Waals surface area contributed by atoms with Gasteiger partial charge in [0, 0.05) is 7.11 Å². The lowest BCUT2D eigenvalue weighted by atomic mass is 10.4. The Morgan fingerprint density at radius 3 is 3.09 bits per heavy atom. The molecule has 0 amide bonds. The molecule has 0 bridgehead atoms. The van der Waals surface area contributed by atoms with Gasteiger partial charge in [-0.25, -0.2) is 4.79 Å². The Bertz CT molecular complexity index is 256. The fourth-order valence-electron chi connectivity index (χ4n) is 0.628. The van der Waals surface area contributed by atoms with E-state index in [4.69, 9.17) is 5.11 Å². The number of aromatic nitrogens is 2. The number of ether oxygens (including phenoxy) is 1. The van der Waals surface area contributed by atoms with Crippen LogP contribution >= 0.6 is 0 Å². The first-order valence-electron chi connectivity index (χ1n) is 2.88. The van der Waals surface area contributed by atoms with Gasteiger partial charge in [-0.05, 0) is 6.07 Å². The van der Waals surface area contributed by atoms with Gasteiger partial charge in [-0.1, -0.05) is 0 Å². The maximum absolute atomic E-state index is 10.3. The molecule has 1 radical (unpaired) electrons. The second-order valence-electron chi connectivity index (χ2n) is 1.87. The molecule has 0 saturated carbocycles. The Labute approximate surface area is 63.0 Å². The first-order chi connectivity index (χ1) is 5.24. The molecule has 0 atom stereocenters. The van der Waals surface area contributed by atoms with Crippen molar-refractivity contribution in [2.45, 2.75) is 0 Å². The fourth-order valence-corrected chi connectivity index (χ4v) is 0.628. The van der Waals surface area contributed by atoms with Crippen LogP contribution in [0.4, 0.5) is 0 Å². The van der Waals surface area contributed by atoms with Crippen molar-refractivity contribution < 1.29 is 14.6 Å². The fraction of sp³-hybridized carbons (Fsp3) is 0.167. The van der Waals surface area contributed by atoms with E-state index in [2.05, 4.69) is 14.9 Å². The summed E-state index contributed by atoms with van der Waals surface area (Å²) >= 11 is 0. The average molecular weight is 155 g/mol. The van der Waals surface area contributed by atoms with Crippen molar-refractivity contribution in [3.05, 3.63) is 24.1 Å². The number of carboxylic acids is 1. The third-order valence-corrected chi connectivity index (χ3v) is 1.07. The van der Waals surface area contributed by atoms with Crippen LogP contribution in [0.5, 0.6) is 0 Å². The highest BCUT2D eigenvalue weighted by Crippen LogP contribution is 2.01. The highest BCUT2D eigenvalue weighted by atomic mass is 16.5. The lowest BCUT2D eigenvalue weighted by molar-refractivity contribution is 0.0690. The zero-order valence-electron chi connectivity index (χ0n) is 5.87. The number of methoxy groups -OCH3 is 1. The molecule has 1 heterocycles. The molecule has 5 nitrogen and oxygen atoms in total. The molecule has 0 spiro atoms. The van der Waals surface area contributed by atoms with E-state index in [0.717, 1.165) is 0 Å². The minimum Gasteiger partial charge on any atom is -0.477 e. The molecule has 1 aromatic rings. The van der Waals surface area contributed by atoms with Gasteiger partial charge in [-0.2, -0.15) is 5.10 Å². The second kappa shape index (κ2) is 3.16. The van der Waals surface area contributed by atoms with Gasteiger partial charge in [-0.15, -0.1) is 0 Å². The summed E-state index contributed by atoms with van der Waals surface area (Å²) in [7, 11) is 1.47. The smallest absolute Gasteiger partial charge is 0.353 e. The summed E-state index contributed by atoms with van der Waals surface area (Å²) in [6.45, 7) is 1.35. The molecule has 59 valence electrons. The van der Waals surface area contributed by atoms with Gasteiger partial charge in [0.25, 0.3) is 0 Å². The maximum atomic E-state index is 10.3. The molecule has 1 aromatic heterocycles. The van der Waals surface area contributed by atoms with Crippen LogP contribution < -0.4 is 0 Å². The Hall–Kier alpha value is -1.36. The molecular formula is C6H7N2O3. The number of rotatable bonds is 3. The SMILES string of the molecule is CO[CH]c1cc(C(=O)O)[nH]n1. The van der Waals surface area contributed by atoms with Crippen LogP contribution in [0, 0.1) is 6.61 Å². The minimum atomic E-state index is -1.03. The van der Waals surface area contributed by atoms with Gasteiger partial charge in [0.15, 0.2) is 0 Å². The molecule has 1 rings (SSSR count). The van der Waals surface area contributed by atoms with Crippen molar-refractivity contribution in [2.75, 3.05) is 7.11 Å². The average Bonchev–Trinajstić information content (AvgIpc) is 2.37. The van der Waals surface area contributed by atoms with Gasteiger partial charge in [0.2, 0.25) is 0 Å². The predicted molar refractivity (Wildman–Crippen MR) is 36.0 cm³/mol. The van der Waals surface area contributed by atoms with E-state index in [9.17, 15) is 4.79 Å². The quantitative estimate of drug-likeness (QED) is 0.656. The van der Waals surface area contributed by atoms with E-state index >= 15 is 0 Å². The predicted octanol–water partition coefficient (Wildman–Crippen LogP) is 0.264. The number of nitrogens with zero attached hydrogens (tertiary/aromatic N) is 1. The highest BCUT2D eigenvalue weighted by molar-refractivity contribution is 5.85. The minimum absolute atomic E-state index is 0.0494. The third kappa shape index (κ3) is 1.78. The van der Waals surface area contributed by atoms with E-state index in [1.54, 1.807) is 0 Å². The van der Waals surface area contributed by atoms with Crippen LogP contribution in [0.1, 0.15) is 16.2 Å². The van der Waals surface area contributed by atoms with Gasteiger partial charge in [0.05, 0.1) is 5.69 Å². The Kier molecular flexibility index (Phi) is 2.22. The maximum Gasteiger partial charge on any atom is 0.353 e. The zero-order valence-corrected chi connectivity index (χ0v) is 5.87. The van der Waals surface area contributed by atoms with Crippen LogP contribution in [0.3, 0.4) is 0 Å². The molecule has 0 aliphatic heterocycles. The summed E-state index contributed by atoms with van der Waals surface area (Å²) in [5, 5.41) is 14.4. The number of H-pyrrole nitrogens is 1. The summed E-state index contributed by atoms with van der Waals surface area (Å²) < 4.78 is 4.62. The monoisotopic (exact) mass is 155 g/mol. The molecule has 5 heteroatoms. The number of aromatic amines is 1. The van der Waals surface area contributed by atoms with E-state index < -0.39 is 5.97 Å². The first-order valence-corrected chi connectivity index (χ1v) is 2.88. The standard InChI is InChI=1S/C6H7N2O3/c1-11-3-4-2-5(6(9)10)8-7-4/h2-3H,1H3,(H,7,8)(H,9,10). The highest BCUT2D eigenvalue weighted by Gasteiger charge is 2.06. The first kappa shape index (κ1) is 7.74. The van der Waals surface area contributed by atoms with Crippen molar-refractivity contribution in [1.29, 1.82) is 0 Å². The normalized spacial score (nSPS) is 9.91. The van der Waals surface area contributed by atoms with Gasteiger partial charge >= 0.3 is 5.97 Å². The molecule has 0 aromatic carbocycles. The van der Waals surface area contributed by atoms with Gasteiger partial charge < -0.3 is 9.84 Å². The van der Waals surface area contributed by atoms with Crippen LogP contribution in [0.2, 0.25) is 0 Å². The molecule has 0 aliphatic carbocycles. The summed E-state index contributed by atoms with van der Waals surface area (Å²) in [6.07, 6.45) is 0. The largest absolute Gasteiger partial charge is 0.477 e. The lowest BCUT2D eigenvalue weighted by Gasteiger charge is -1.86. The molecule has 11 heavy (non-hydrogen) atoms. The van der Waals surface area contributed by atoms with Crippen LogP contribution in [-0.2, 0) is 4.74 Å². The summed E-state index contributed by atoms with van der Waals surface area (Å²) in [5.74, 6) is -1.03. The summed E-state index contributed by atoms with van der Waals surface area (Å²) in [6, 6.07) is 1.38. The van der Waals surface area contributed by atoms with Gasteiger partial charge in [0.1, 0.15) is 12.3 Å². The third-order valence-electron chi connectivity index (χ3n) is 1.07. The number of carbonyl (C=O) groups is 1. The molecule has 0 fully saturated rings. The van der Waals surface area contributed by atoms with E-state index in [0.29, 0.717) is 5.69 Å². The van der Waals surface area contributed by atoms with Crippen molar-refractivity contribution in [1.82, 2.24) is 10.2 Å². The number of nitrogens with one attached hydrogen (secondary N) is 1. The number of carboxylic acid groups (broad SMARTS) is 1. The number of aromatic carboxylic acids is 1. The van der Waals surface area contributed by atoms with E-state index in [1.165, 1.54) is 19.8 Å². The molecule has 2 N–H and O–H groups in total. The molecule has 0 saturated heterocycles. The van der Waals surface area contributed by atoms with Crippen molar-refractivity contribution in [3.63, 3.8) is 0 Å². The molecule has 0 unspecified atom stereocenters. The Balaban J connectivity index is 2.73. The number of hydrogen-bond donors (Lipinski definition) is 2. The van der Waals surface area contributed by atoms with E-state index in [1.807, 2.05) is 0 Å². The Morgan fingerprint density at radius 2 is 2.64 bits per heavy atom. The summed E-state index contributed by atoms with van der Waals surface area (Å²) in [4.78, 5) is 10.3. The van der Waals surface area contributed by atoms with Crippen LogP contribution in [-0.4, -0.2) is 28.4 Å². The zero-order chi connectivity index (χ0) is 8.27. The topological polar surface area (TPSA) is 75.2 Å². The van der Waals surface area contributed by atoms with Crippen molar-refractivity contribution in [2.24, 2.45) is 0 Å². The lowest BCUT2D eigenvalue weighted by Crippen LogP contribution is -1.95. The Morgan fingerprint density at radius 1 is 1.91 bits per heavy atom. The van der Waals surface area contributed by atoms with Crippen LogP contribution in [0.15, 0.2) is 6.07 Å². The van der Waals surface area contributed by atoms with Gasteiger partial charge in [-0.3, -0.25) is 5.10 Å². The van der Waals surface area contributed by atoms with Crippen molar-refractivity contribution >= 4 is 5.97 Å².